The van der Waals surface area contributed by atoms with Gasteiger partial charge >= 0.3 is 0 Å². The molecule has 0 amide bonds. The molecule has 0 aliphatic heterocycles. The van der Waals surface area contributed by atoms with Gasteiger partial charge in [-0.1, -0.05) is 24.3 Å². The number of rotatable bonds is 7. The van der Waals surface area contributed by atoms with Crippen molar-refractivity contribution in [1.29, 1.82) is 0 Å². The number of aliphatic hydroxyl groups excluding tert-OH is 1. The van der Waals surface area contributed by atoms with E-state index in [4.69, 9.17) is 4.74 Å². The van der Waals surface area contributed by atoms with Crippen LogP contribution >= 0.6 is 0 Å². The summed E-state index contributed by atoms with van der Waals surface area (Å²) in [7, 11) is 1.68. The van der Waals surface area contributed by atoms with Gasteiger partial charge in [-0.2, -0.15) is 0 Å². The number of hydrogen-bond acceptors (Lipinski definition) is 3. The molecule has 3 nitrogen and oxygen atoms in total. The average Bonchev–Trinajstić information content (AvgIpc) is 2.34. The SMILES string of the molecule is C=CCN(CCOC)c1ccccc1CO. The van der Waals surface area contributed by atoms with E-state index in [0.717, 1.165) is 24.3 Å². The molecule has 0 aliphatic carbocycles. The highest BCUT2D eigenvalue weighted by atomic mass is 16.5. The fourth-order valence-electron chi connectivity index (χ4n) is 1.62. The Kier molecular flexibility index (Phi) is 5.61. The zero-order valence-electron chi connectivity index (χ0n) is 9.72. The number of anilines is 1. The molecule has 0 aliphatic rings. The topological polar surface area (TPSA) is 32.7 Å². The normalized spacial score (nSPS) is 10.1. The van der Waals surface area contributed by atoms with E-state index in [-0.39, 0.29) is 6.61 Å². The fourth-order valence-corrected chi connectivity index (χ4v) is 1.62. The van der Waals surface area contributed by atoms with E-state index in [9.17, 15) is 5.11 Å². The molecular weight excluding hydrogens is 202 g/mol. The van der Waals surface area contributed by atoms with Crippen LogP contribution in [-0.4, -0.2) is 31.9 Å². The first kappa shape index (κ1) is 12.7. The lowest BCUT2D eigenvalue weighted by Gasteiger charge is -2.25. The average molecular weight is 221 g/mol. The van der Waals surface area contributed by atoms with Gasteiger partial charge in [-0.3, -0.25) is 0 Å². The number of benzene rings is 1. The number of aliphatic hydroxyl groups is 1. The lowest BCUT2D eigenvalue weighted by atomic mass is 10.1. The van der Waals surface area contributed by atoms with Crippen molar-refractivity contribution in [2.45, 2.75) is 6.61 Å². The van der Waals surface area contributed by atoms with Gasteiger partial charge in [0.15, 0.2) is 0 Å². The van der Waals surface area contributed by atoms with Gasteiger partial charge in [0.2, 0.25) is 0 Å². The lowest BCUT2D eigenvalue weighted by Crippen LogP contribution is -2.28. The van der Waals surface area contributed by atoms with E-state index in [1.54, 1.807) is 7.11 Å². The quantitative estimate of drug-likeness (QED) is 0.713. The van der Waals surface area contributed by atoms with Gasteiger partial charge in [0.1, 0.15) is 0 Å². The number of nitrogens with zero attached hydrogens (tertiary/aromatic N) is 1. The molecule has 1 aromatic carbocycles. The highest BCUT2D eigenvalue weighted by Crippen LogP contribution is 2.20. The molecular formula is C13H19NO2. The number of para-hydroxylation sites is 1. The van der Waals surface area contributed by atoms with Crippen LogP contribution < -0.4 is 4.90 Å². The summed E-state index contributed by atoms with van der Waals surface area (Å²) in [4.78, 5) is 2.14. The summed E-state index contributed by atoms with van der Waals surface area (Å²) in [5, 5.41) is 9.28. The van der Waals surface area contributed by atoms with Gasteiger partial charge in [-0.05, 0) is 6.07 Å². The molecule has 0 atom stereocenters. The first-order valence-corrected chi connectivity index (χ1v) is 5.37. The predicted octanol–water partition coefficient (Wildman–Crippen LogP) is 1.82. The van der Waals surface area contributed by atoms with Crippen molar-refractivity contribution >= 4 is 5.69 Å². The summed E-state index contributed by atoms with van der Waals surface area (Å²) in [6, 6.07) is 7.83. The van der Waals surface area contributed by atoms with Crippen LogP contribution in [0, 0.1) is 0 Å². The Bertz CT molecular complexity index is 325. The first-order chi connectivity index (χ1) is 7.83. The summed E-state index contributed by atoms with van der Waals surface area (Å²) in [5.41, 5.74) is 1.97. The van der Waals surface area contributed by atoms with Gasteiger partial charge in [-0.15, -0.1) is 6.58 Å². The van der Waals surface area contributed by atoms with Crippen molar-refractivity contribution in [3.05, 3.63) is 42.5 Å². The second kappa shape index (κ2) is 7.04. The largest absolute Gasteiger partial charge is 0.392 e. The Hall–Kier alpha value is -1.32. The minimum Gasteiger partial charge on any atom is -0.392 e. The van der Waals surface area contributed by atoms with Gasteiger partial charge in [0, 0.05) is 31.5 Å². The highest BCUT2D eigenvalue weighted by Gasteiger charge is 2.08. The Labute approximate surface area is 97.0 Å². The molecule has 0 aromatic heterocycles. The number of ether oxygens (including phenoxy) is 1. The van der Waals surface area contributed by atoms with Crippen molar-refractivity contribution in [2.24, 2.45) is 0 Å². The maximum atomic E-state index is 9.28. The Morgan fingerprint density at radius 3 is 2.81 bits per heavy atom. The molecule has 16 heavy (non-hydrogen) atoms. The molecule has 0 radical (unpaired) electrons. The van der Waals surface area contributed by atoms with Crippen molar-refractivity contribution < 1.29 is 9.84 Å². The van der Waals surface area contributed by atoms with Crippen LogP contribution in [0.1, 0.15) is 5.56 Å². The zero-order valence-corrected chi connectivity index (χ0v) is 9.72. The Balaban J connectivity index is 2.85. The molecule has 1 aromatic rings. The van der Waals surface area contributed by atoms with Crippen molar-refractivity contribution in [3.63, 3.8) is 0 Å². The standard InChI is InChI=1S/C13H19NO2/c1-3-8-14(9-10-16-2)13-7-5-4-6-12(13)11-15/h3-7,15H,1,8-11H2,2H3. The molecule has 0 heterocycles. The molecule has 0 spiro atoms. The molecule has 3 heteroatoms. The van der Waals surface area contributed by atoms with Crippen LogP contribution in [0.3, 0.4) is 0 Å². The number of hydrogen-bond donors (Lipinski definition) is 1. The summed E-state index contributed by atoms with van der Waals surface area (Å²) >= 11 is 0. The highest BCUT2D eigenvalue weighted by molar-refractivity contribution is 5.53. The minimum atomic E-state index is 0.0524. The third-order valence-electron chi connectivity index (χ3n) is 2.42. The van der Waals surface area contributed by atoms with E-state index >= 15 is 0 Å². The van der Waals surface area contributed by atoms with Crippen LogP contribution in [0.25, 0.3) is 0 Å². The first-order valence-electron chi connectivity index (χ1n) is 5.37. The van der Waals surface area contributed by atoms with E-state index < -0.39 is 0 Å². The fraction of sp³-hybridized carbons (Fsp3) is 0.385. The summed E-state index contributed by atoms with van der Waals surface area (Å²) in [6.07, 6.45) is 1.85. The van der Waals surface area contributed by atoms with Crippen molar-refractivity contribution in [3.8, 4) is 0 Å². The van der Waals surface area contributed by atoms with E-state index in [1.165, 1.54) is 0 Å². The summed E-state index contributed by atoms with van der Waals surface area (Å²) < 4.78 is 5.08. The second-order valence-electron chi connectivity index (χ2n) is 3.51. The minimum absolute atomic E-state index is 0.0524. The molecule has 1 rings (SSSR count). The lowest BCUT2D eigenvalue weighted by molar-refractivity contribution is 0.205. The second-order valence-corrected chi connectivity index (χ2v) is 3.51. The predicted molar refractivity (Wildman–Crippen MR) is 66.7 cm³/mol. The summed E-state index contributed by atoms with van der Waals surface area (Å²) in [6.45, 7) is 6.00. The van der Waals surface area contributed by atoms with Gasteiger partial charge in [-0.25, -0.2) is 0 Å². The van der Waals surface area contributed by atoms with E-state index in [0.29, 0.717) is 6.61 Å². The third-order valence-corrected chi connectivity index (χ3v) is 2.42. The van der Waals surface area contributed by atoms with Crippen molar-refractivity contribution in [2.75, 3.05) is 31.7 Å². The molecule has 0 saturated heterocycles. The van der Waals surface area contributed by atoms with Crippen LogP contribution in [0.5, 0.6) is 0 Å². The molecule has 1 N–H and O–H groups in total. The van der Waals surface area contributed by atoms with Crippen LogP contribution in [-0.2, 0) is 11.3 Å². The molecule has 0 unspecified atom stereocenters. The van der Waals surface area contributed by atoms with Crippen LogP contribution in [0.15, 0.2) is 36.9 Å². The van der Waals surface area contributed by atoms with E-state index in [1.807, 2.05) is 30.3 Å². The van der Waals surface area contributed by atoms with Gasteiger partial charge in [0.25, 0.3) is 0 Å². The Morgan fingerprint density at radius 2 is 2.19 bits per heavy atom. The third kappa shape index (κ3) is 3.36. The number of methoxy groups -OCH3 is 1. The molecule has 0 fully saturated rings. The van der Waals surface area contributed by atoms with Crippen LogP contribution in [0.4, 0.5) is 5.69 Å². The zero-order chi connectivity index (χ0) is 11.8. The molecule has 0 bridgehead atoms. The monoisotopic (exact) mass is 221 g/mol. The Morgan fingerprint density at radius 1 is 1.44 bits per heavy atom. The van der Waals surface area contributed by atoms with Gasteiger partial charge < -0.3 is 14.7 Å². The smallest absolute Gasteiger partial charge is 0.0702 e. The van der Waals surface area contributed by atoms with Gasteiger partial charge in [0.05, 0.1) is 13.2 Å². The maximum absolute atomic E-state index is 9.28. The molecule has 88 valence electrons. The molecule has 0 saturated carbocycles. The van der Waals surface area contributed by atoms with E-state index in [2.05, 4.69) is 11.5 Å². The van der Waals surface area contributed by atoms with Crippen molar-refractivity contribution in [1.82, 2.24) is 0 Å². The van der Waals surface area contributed by atoms with Crippen LogP contribution in [0.2, 0.25) is 0 Å². The maximum Gasteiger partial charge on any atom is 0.0702 e. The summed E-state index contributed by atoms with van der Waals surface area (Å²) in [5.74, 6) is 0.